The summed E-state index contributed by atoms with van der Waals surface area (Å²) < 4.78 is 6.29. The molecular formula is C43H29NO. The van der Waals surface area contributed by atoms with Gasteiger partial charge < -0.3 is 9.32 Å². The molecule has 2 nitrogen and oxygen atoms in total. The third-order valence-corrected chi connectivity index (χ3v) is 9.33. The maximum atomic E-state index is 6.29. The van der Waals surface area contributed by atoms with Crippen molar-refractivity contribution >= 4 is 39.0 Å². The highest BCUT2D eigenvalue weighted by molar-refractivity contribution is 6.05. The minimum absolute atomic E-state index is 0.533. The number of anilines is 3. The molecule has 1 heterocycles. The lowest BCUT2D eigenvalue weighted by atomic mass is 9.67. The molecule has 8 aromatic rings. The summed E-state index contributed by atoms with van der Waals surface area (Å²) >= 11 is 0. The van der Waals surface area contributed by atoms with Crippen molar-refractivity contribution in [3.05, 3.63) is 198 Å². The average molecular weight is 576 g/mol. The predicted octanol–water partition coefficient (Wildman–Crippen LogP) is 11.4. The molecule has 1 aliphatic carbocycles. The average Bonchev–Trinajstić information content (AvgIpc) is 3.63. The van der Waals surface area contributed by atoms with Crippen LogP contribution in [0.4, 0.5) is 17.1 Å². The van der Waals surface area contributed by atoms with Gasteiger partial charge in [0.2, 0.25) is 0 Å². The molecule has 0 radical (unpaired) electrons. The molecule has 0 spiro atoms. The van der Waals surface area contributed by atoms with Gasteiger partial charge in [0.15, 0.2) is 0 Å². The van der Waals surface area contributed by atoms with Gasteiger partial charge in [-0.2, -0.15) is 0 Å². The fourth-order valence-corrected chi connectivity index (χ4v) is 7.44. The minimum Gasteiger partial charge on any atom is -0.456 e. The second kappa shape index (κ2) is 10.1. The molecule has 212 valence electrons. The van der Waals surface area contributed by atoms with Gasteiger partial charge in [-0.15, -0.1) is 0 Å². The van der Waals surface area contributed by atoms with Gasteiger partial charge in [-0.1, -0.05) is 121 Å². The van der Waals surface area contributed by atoms with E-state index in [1.807, 2.05) is 6.07 Å². The van der Waals surface area contributed by atoms with Crippen LogP contribution in [0.5, 0.6) is 0 Å². The molecule has 1 unspecified atom stereocenters. The van der Waals surface area contributed by atoms with E-state index in [-0.39, 0.29) is 0 Å². The van der Waals surface area contributed by atoms with Gasteiger partial charge in [0, 0.05) is 27.8 Å². The largest absolute Gasteiger partial charge is 0.456 e. The van der Waals surface area contributed by atoms with Gasteiger partial charge in [-0.25, -0.2) is 0 Å². The van der Waals surface area contributed by atoms with Crippen LogP contribution in [-0.2, 0) is 5.41 Å². The number of nitrogens with zero attached hydrogens (tertiary/aromatic N) is 1. The normalized spacial score (nSPS) is 15.2. The number of furan rings is 1. The number of para-hydroxylation sites is 3. The summed E-state index contributed by atoms with van der Waals surface area (Å²) in [7, 11) is 0. The van der Waals surface area contributed by atoms with E-state index in [0.29, 0.717) is 0 Å². The molecule has 0 saturated carbocycles. The zero-order valence-corrected chi connectivity index (χ0v) is 24.6. The highest BCUT2D eigenvalue weighted by Crippen LogP contribution is 2.57. The summed E-state index contributed by atoms with van der Waals surface area (Å²) in [5, 5.41) is 2.27. The van der Waals surface area contributed by atoms with Crippen molar-refractivity contribution in [2.75, 3.05) is 4.90 Å². The molecule has 7 aromatic carbocycles. The minimum atomic E-state index is -0.533. The first-order valence-electron chi connectivity index (χ1n) is 15.4. The molecule has 2 heteroatoms. The van der Waals surface area contributed by atoms with E-state index in [0.717, 1.165) is 39.0 Å². The first-order valence-corrected chi connectivity index (χ1v) is 15.4. The van der Waals surface area contributed by atoms with E-state index >= 15 is 0 Å². The van der Waals surface area contributed by atoms with Crippen LogP contribution in [0.2, 0.25) is 0 Å². The second-order valence-corrected chi connectivity index (χ2v) is 11.7. The quantitative estimate of drug-likeness (QED) is 0.203. The number of fused-ring (bicyclic) bond motifs is 6. The number of hydrogen-bond acceptors (Lipinski definition) is 2. The first-order chi connectivity index (χ1) is 22.3. The van der Waals surface area contributed by atoms with E-state index in [1.54, 1.807) is 0 Å². The molecule has 1 aromatic heterocycles. The highest BCUT2D eigenvalue weighted by Gasteiger charge is 2.46. The molecule has 1 atom stereocenters. The van der Waals surface area contributed by atoms with Crippen LogP contribution in [0.1, 0.15) is 22.3 Å². The Morgan fingerprint density at radius 1 is 0.378 bits per heavy atom. The zero-order valence-electron chi connectivity index (χ0n) is 24.6. The van der Waals surface area contributed by atoms with Crippen molar-refractivity contribution in [3.8, 4) is 11.1 Å². The molecule has 0 saturated heterocycles. The van der Waals surface area contributed by atoms with Crippen molar-refractivity contribution < 1.29 is 4.42 Å². The lowest BCUT2D eigenvalue weighted by Gasteiger charge is -2.35. The third kappa shape index (κ3) is 3.82. The maximum Gasteiger partial charge on any atom is 0.135 e. The summed E-state index contributed by atoms with van der Waals surface area (Å²) in [4.78, 5) is 2.35. The van der Waals surface area contributed by atoms with Gasteiger partial charge in [0.05, 0.1) is 5.41 Å². The van der Waals surface area contributed by atoms with Crippen LogP contribution in [0, 0.1) is 0 Å². The van der Waals surface area contributed by atoms with Crippen molar-refractivity contribution in [2.24, 2.45) is 0 Å². The lowest BCUT2D eigenvalue weighted by Crippen LogP contribution is -2.28. The number of rotatable bonds is 5. The maximum absolute atomic E-state index is 6.29. The Hall–Kier alpha value is -5.86. The second-order valence-electron chi connectivity index (χ2n) is 11.7. The molecule has 1 aliphatic rings. The van der Waals surface area contributed by atoms with Crippen LogP contribution in [0.25, 0.3) is 33.1 Å². The molecule has 0 amide bonds. The summed E-state index contributed by atoms with van der Waals surface area (Å²) in [6, 6.07) is 63.3. The Kier molecular flexibility index (Phi) is 5.76. The summed E-state index contributed by atoms with van der Waals surface area (Å²) in [5.41, 5.74) is 12.2. The van der Waals surface area contributed by atoms with Crippen molar-refractivity contribution in [1.82, 2.24) is 0 Å². The fourth-order valence-electron chi connectivity index (χ4n) is 7.44. The van der Waals surface area contributed by atoms with E-state index in [9.17, 15) is 0 Å². The summed E-state index contributed by atoms with van der Waals surface area (Å²) in [6.07, 6.45) is 0. The van der Waals surface area contributed by atoms with Crippen LogP contribution in [0.15, 0.2) is 180 Å². The van der Waals surface area contributed by atoms with Crippen LogP contribution in [-0.4, -0.2) is 0 Å². The van der Waals surface area contributed by atoms with E-state index in [1.165, 1.54) is 33.4 Å². The van der Waals surface area contributed by atoms with Gasteiger partial charge in [0.1, 0.15) is 11.2 Å². The highest BCUT2D eigenvalue weighted by atomic mass is 16.3. The SMILES string of the molecule is c1ccc(N(c2ccccc2)c2ccc3c(c2)C(c2ccccc2)(c2ccc4oc5ccccc5c4c2)c2ccccc2-3)cc1. The molecule has 0 bridgehead atoms. The van der Waals surface area contributed by atoms with Crippen LogP contribution in [0.3, 0.4) is 0 Å². The van der Waals surface area contributed by atoms with Crippen LogP contribution >= 0.6 is 0 Å². The summed E-state index contributed by atoms with van der Waals surface area (Å²) in [5.74, 6) is 0. The third-order valence-electron chi connectivity index (χ3n) is 9.33. The Morgan fingerprint density at radius 2 is 0.978 bits per heavy atom. The predicted molar refractivity (Wildman–Crippen MR) is 186 cm³/mol. The van der Waals surface area contributed by atoms with E-state index in [4.69, 9.17) is 4.42 Å². The number of hydrogen-bond donors (Lipinski definition) is 0. The van der Waals surface area contributed by atoms with Gasteiger partial charge in [0.25, 0.3) is 0 Å². The molecule has 45 heavy (non-hydrogen) atoms. The van der Waals surface area contributed by atoms with E-state index < -0.39 is 5.41 Å². The molecular weight excluding hydrogens is 546 g/mol. The first kappa shape index (κ1) is 25.6. The van der Waals surface area contributed by atoms with Crippen molar-refractivity contribution in [3.63, 3.8) is 0 Å². The standard InChI is InChI=1S/C43H29NO/c1-4-14-30(15-5-1)43(31-24-27-42-38(28-31)37-21-11-13-23-41(37)45-42)39-22-12-10-20-35(39)36-26-25-34(29-40(36)43)44(32-16-6-2-7-17-32)33-18-8-3-9-19-33/h1-29H. The van der Waals surface area contributed by atoms with Crippen molar-refractivity contribution in [2.45, 2.75) is 5.41 Å². The Bertz CT molecular complexity index is 2280. The lowest BCUT2D eigenvalue weighted by molar-refractivity contribution is 0.668. The van der Waals surface area contributed by atoms with Gasteiger partial charge in [-0.3, -0.25) is 0 Å². The summed E-state index contributed by atoms with van der Waals surface area (Å²) in [6.45, 7) is 0. The van der Waals surface area contributed by atoms with E-state index in [2.05, 4.69) is 175 Å². The Morgan fingerprint density at radius 3 is 1.73 bits per heavy atom. The zero-order chi connectivity index (χ0) is 29.8. The molecule has 0 aliphatic heterocycles. The van der Waals surface area contributed by atoms with Gasteiger partial charge in [-0.05, 0) is 88.0 Å². The fraction of sp³-hybridized carbons (Fsp3) is 0.0233. The topological polar surface area (TPSA) is 16.4 Å². The Balaban J connectivity index is 1.37. The monoisotopic (exact) mass is 575 g/mol. The molecule has 9 rings (SSSR count). The van der Waals surface area contributed by atoms with Gasteiger partial charge >= 0.3 is 0 Å². The van der Waals surface area contributed by atoms with Crippen molar-refractivity contribution in [1.29, 1.82) is 0 Å². The molecule has 0 fully saturated rings. The molecule has 0 N–H and O–H groups in total. The Labute approximate surface area is 262 Å². The smallest absolute Gasteiger partial charge is 0.135 e. The van der Waals surface area contributed by atoms with Crippen LogP contribution < -0.4 is 4.90 Å². The number of benzene rings is 7.